The molecule has 0 bridgehead atoms. The summed E-state index contributed by atoms with van der Waals surface area (Å²) in [6.07, 6.45) is 7.95. The Morgan fingerprint density at radius 3 is 2.81 bits per heavy atom. The molecule has 3 N–H and O–H groups in total. The van der Waals surface area contributed by atoms with Crippen LogP contribution in [0, 0.1) is 5.82 Å². The van der Waals surface area contributed by atoms with Gasteiger partial charge in [-0.1, -0.05) is 26.2 Å². The SMILES string of the molecule is C=C/C(=C\C(=C/C)c1cc2c(-c3nc4c(-c5ccsc5)nccc4[nH]3)n[nH]c2cc1F)NC(=C)CC. The Morgan fingerprint density at radius 2 is 2.08 bits per heavy atom. The van der Waals surface area contributed by atoms with E-state index in [0.29, 0.717) is 28.2 Å². The minimum atomic E-state index is -0.353. The third-order valence-electron chi connectivity index (χ3n) is 5.97. The molecular weight excluding hydrogens is 471 g/mol. The number of halogens is 1. The third kappa shape index (κ3) is 4.27. The van der Waals surface area contributed by atoms with Gasteiger partial charge in [0.2, 0.25) is 0 Å². The van der Waals surface area contributed by atoms with Crippen molar-refractivity contribution in [2.24, 2.45) is 0 Å². The monoisotopic (exact) mass is 496 g/mol. The van der Waals surface area contributed by atoms with Gasteiger partial charge in [-0.3, -0.25) is 10.1 Å². The first-order valence-electron chi connectivity index (χ1n) is 11.5. The number of allylic oxidation sites excluding steroid dienone is 5. The van der Waals surface area contributed by atoms with Gasteiger partial charge in [-0.05, 0) is 54.6 Å². The molecule has 4 aromatic heterocycles. The zero-order valence-electron chi connectivity index (χ0n) is 20.0. The van der Waals surface area contributed by atoms with Gasteiger partial charge in [0.25, 0.3) is 0 Å². The number of H-pyrrole nitrogens is 2. The highest BCUT2D eigenvalue weighted by molar-refractivity contribution is 7.08. The molecule has 0 aliphatic rings. The number of aromatic amines is 2. The van der Waals surface area contributed by atoms with Gasteiger partial charge >= 0.3 is 0 Å². The second-order valence-electron chi connectivity index (χ2n) is 8.23. The van der Waals surface area contributed by atoms with Crippen molar-refractivity contribution in [2.75, 3.05) is 0 Å². The third-order valence-corrected chi connectivity index (χ3v) is 6.65. The smallest absolute Gasteiger partial charge is 0.159 e. The van der Waals surface area contributed by atoms with Crippen molar-refractivity contribution in [3.05, 3.63) is 95.4 Å². The molecule has 0 radical (unpaired) electrons. The number of hydrogen-bond donors (Lipinski definition) is 3. The van der Waals surface area contributed by atoms with E-state index in [4.69, 9.17) is 4.98 Å². The number of imidazole rings is 1. The summed E-state index contributed by atoms with van der Waals surface area (Å²) in [6, 6.07) is 7.17. The molecule has 5 rings (SSSR count). The molecule has 0 amide bonds. The fourth-order valence-electron chi connectivity index (χ4n) is 4.02. The summed E-state index contributed by atoms with van der Waals surface area (Å²) >= 11 is 1.61. The maximum atomic E-state index is 15.2. The Labute approximate surface area is 212 Å². The number of nitrogens with one attached hydrogen (secondary N) is 3. The van der Waals surface area contributed by atoms with E-state index >= 15 is 4.39 Å². The lowest BCUT2D eigenvalue weighted by molar-refractivity contribution is 0.626. The van der Waals surface area contributed by atoms with E-state index in [0.717, 1.165) is 45.5 Å². The Hall–Kier alpha value is -4.30. The molecule has 0 saturated carbocycles. The van der Waals surface area contributed by atoms with Gasteiger partial charge in [-0.15, -0.1) is 0 Å². The van der Waals surface area contributed by atoms with Crippen molar-refractivity contribution < 1.29 is 4.39 Å². The van der Waals surface area contributed by atoms with E-state index in [1.165, 1.54) is 6.07 Å². The zero-order valence-corrected chi connectivity index (χ0v) is 20.8. The molecule has 1 aromatic carbocycles. The molecule has 0 aliphatic carbocycles. The van der Waals surface area contributed by atoms with E-state index < -0.39 is 0 Å². The van der Waals surface area contributed by atoms with Crippen molar-refractivity contribution in [3.63, 3.8) is 0 Å². The van der Waals surface area contributed by atoms with Crippen LogP contribution in [-0.4, -0.2) is 25.1 Å². The number of hydrogen-bond acceptors (Lipinski definition) is 5. The summed E-state index contributed by atoms with van der Waals surface area (Å²) in [5.74, 6) is 0.233. The first kappa shape index (κ1) is 23.4. The number of thiophene rings is 1. The molecule has 5 aromatic rings. The molecule has 4 heterocycles. The van der Waals surface area contributed by atoms with E-state index in [1.807, 2.05) is 48.9 Å². The molecule has 0 fully saturated rings. The average molecular weight is 497 g/mol. The fourth-order valence-corrected chi connectivity index (χ4v) is 4.66. The van der Waals surface area contributed by atoms with Crippen LogP contribution in [0.15, 0.2) is 84.0 Å². The Bertz CT molecular complexity index is 1650. The molecule has 0 unspecified atom stereocenters. The van der Waals surface area contributed by atoms with Gasteiger partial charge in [-0.2, -0.15) is 16.4 Å². The minimum Gasteiger partial charge on any atom is -0.359 e. The van der Waals surface area contributed by atoms with Crippen LogP contribution in [0.1, 0.15) is 25.8 Å². The molecule has 0 atom stereocenters. The van der Waals surface area contributed by atoms with Crippen molar-refractivity contribution in [3.8, 4) is 22.8 Å². The van der Waals surface area contributed by atoms with Gasteiger partial charge in [-0.25, -0.2) is 9.37 Å². The molecule has 0 aliphatic heterocycles. The molecule has 0 saturated heterocycles. The van der Waals surface area contributed by atoms with Gasteiger partial charge in [0.15, 0.2) is 5.82 Å². The summed E-state index contributed by atoms with van der Waals surface area (Å²) in [5, 5.41) is 15.4. The Morgan fingerprint density at radius 1 is 1.22 bits per heavy atom. The Balaban J connectivity index is 1.61. The quantitative estimate of drug-likeness (QED) is 0.196. The number of aromatic nitrogens is 5. The standard InChI is InChI=1S/C28H25FN6S/c1-5-16(4)31-19(7-3)12-17(6-2)20-13-21-24(14-22(20)29)34-35-26(21)28-32-23-8-10-30-25(27(23)33-28)18-9-11-36-15-18/h6-15,31H,3-5H2,1-2H3,(H,32,33)(H,34,35)/b17-6+,19-12+. The van der Waals surface area contributed by atoms with E-state index in [-0.39, 0.29) is 5.82 Å². The number of rotatable bonds is 8. The van der Waals surface area contributed by atoms with Crippen molar-refractivity contribution >= 4 is 38.8 Å². The maximum absolute atomic E-state index is 15.2. The highest BCUT2D eigenvalue weighted by Crippen LogP contribution is 2.33. The topological polar surface area (TPSA) is 82.3 Å². The Kier molecular flexibility index (Phi) is 6.35. The summed E-state index contributed by atoms with van der Waals surface area (Å²) in [5.41, 5.74) is 7.40. The lowest BCUT2D eigenvalue weighted by Crippen LogP contribution is -2.09. The van der Waals surface area contributed by atoms with Crippen LogP contribution in [0.5, 0.6) is 0 Å². The lowest BCUT2D eigenvalue weighted by atomic mass is 10.0. The summed E-state index contributed by atoms with van der Waals surface area (Å²) < 4.78 is 15.2. The highest BCUT2D eigenvalue weighted by atomic mass is 32.1. The fraction of sp³-hybridized carbons (Fsp3) is 0.107. The lowest BCUT2D eigenvalue weighted by Gasteiger charge is -2.11. The summed E-state index contributed by atoms with van der Waals surface area (Å²) in [7, 11) is 0. The van der Waals surface area contributed by atoms with Crippen LogP contribution in [0.25, 0.3) is 50.3 Å². The summed E-state index contributed by atoms with van der Waals surface area (Å²) in [6.45, 7) is 11.7. The number of benzene rings is 1. The van der Waals surface area contributed by atoms with E-state index in [1.54, 1.807) is 29.7 Å². The maximum Gasteiger partial charge on any atom is 0.159 e. The van der Waals surface area contributed by atoms with Crippen LogP contribution < -0.4 is 5.32 Å². The van der Waals surface area contributed by atoms with Gasteiger partial charge in [0, 0.05) is 45.6 Å². The van der Waals surface area contributed by atoms with Gasteiger partial charge < -0.3 is 10.3 Å². The predicted octanol–water partition coefficient (Wildman–Crippen LogP) is 7.36. The largest absolute Gasteiger partial charge is 0.359 e. The van der Waals surface area contributed by atoms with E-state index in [9.17, 15) is 0 Å². The van der Waals surface area contributed by atoms with E-state index in [2.05, 4.69) is 38.6 Å². The predicted molar refractivity (Wildman–Crippen MR) is 147 cm³/mol. The number of pyridine rings is 1. The van der Waals surface area contributed by atoms with Crippen LogP contribution in [0.2, 0.25) is 0 Å². The van der Waals surface area contributed by atoms with Crippen molar-refractivity contribution in [2.45, 2.75) is 20.3 Å². The molecule has 36 heavy (non-hydrogen) atoms. The average Bonchev–Trinajstić information content (AvgIpc) is 3.65. The second-order valence-corrected chi connectivity index (χ2v) is 9.01. The van der Waals surface area contributed by atoms with Crippen LogP contribution in [0.3, 0.4) is 0 Å². The number of nitrogens with zero attached hydrogens (tertiary/aromatic N) is 3. The molecule has 8 heteroatoms. The van der Waals surface area contributed by atoms with Gasteiger partial charge in [0.05, 0.1) is 16.7 Å². The van der Waals surface area contributed by atoms with Crippen LogP contribution in [-0.2, 0) is 0 Å². The van der Waals surface area contributed by atoms with Crippen molar-refractivity contribution in [1.29, 1.82) is 0 Å². The zero-order chi connectivity index (χ0) is 25.2. The van der Waals surface area contributed by atoms with Crippen LogP contribution in [0.4, 0.5) is 4.39 Å². The molecule has 0 spiro atoms. The first-order chi connectivity index (χ1) is 17.5. The first-order valence-corrected chi connectivity index (χ1v) is 12.5. The normalized spacial score (nSPS) is 12.4. The second kappa shape index (κ2) is 9.75. The highest BCUT2D eigenvalue weighted by Gasteiger charge is 2.18. The minimum absolute atomic E-state index is 0.353. The summed E-state index contributed by atoms with van der Waals surface area (Å²) in [4.78, 5) is 12.7. The van der Waals surface area contributed by atoms with Crippen LogP contribution >= 0.6 is 11.3 Å². The molecular formula is C28H25FN6S. The van der Waals surface area contributed by atoms with Gasteiger partial charge in [0.1, 0.15) is 17.0 Å². The molecule has 180 valence electrons. The van der Waals surface area contributed by atoms with Crippen molar-refractivity contribution in [1.82, 2.24) is 30.5 Å². The number of fused-ring (bicyclic) bond motifs is 2. The molecule has 6 nitrogen and oxygen atoms in total.